The molecule has 0 amide bonds. The first-order chi connectivity index (χ1) is 7.63. The lowest BCUT2D eigenvalue weighted by molar-refractivity contribution is -0.385. The smallest absolute Gasteiger partial charge is 0.258 e. The molecular weight excluding hydrogens is 204 g/mol. The Morgan fingerprint density at radius 2 is 2.25 bits per heavy atom. The lowest BCUT2D eigenvalue weighted by Gasteiger charge is -2.32. The molecule has 0 saturated heterocycles. The summed E-state index contributed by atoms with van der Waals surface area (Å²) in [6, 6.07) is 7.15. The van der Waals surface area contributed by atoms with Gasteiger partial charge in [-0.15, -0.1) is 0 Å². The summed E-state index contributed by atoms with van der Waals surface area (Å²) in [5, 5.41) is 19.6. The molecule has 1 saturated carbocycles. The van der Waals surface area contributed by atoms with Crippen molar-refractivity contribution in [2.24, 2.45) is 5.92 Å². The first-order valence-corrected chi connectivity index (χ1v) is 5.28. The van der Waals surface area contributed by atoms with Crippen LogP contribution < -0.4 is 0 Å². The zero-order valence-electron chi connectivity index (χ0n) is 9.01. The van der Waals surface area contributed by atoms with E-state index < -0.39 is 0 Å². The first-order valence-electron chi connectivity index (χ1n) is 5.28. The molecule has 1 aromatic carbocycles. The second kappa shape index (κ2) is 3.93. The second-order valence-electron chi connectivity index (χ2n) is 4.22. The summed E-state index contributed by atoms with van der Waals surface area (Å²) in [5.74, 6) is 0.214. The molecule has 4 nitrogen and oxygen atoms in total. The Balaban J connectivity index is 2.37. The first kappa shape index (κ1) is 10.6. The topological polar surface area (TPSA) is 66.9 Å². The highest BCUT2D eigenvalue weighted by Crippen LogP contribution is 2.43. The SMILES string of the molecule is Cc1ccc([N+](=O)[O-])cc1[C@H]1CC[C@H]1C#N. The molecule has 2 atom stereocenters. The van der Waals surface area contributed by atoms with Crippen LogP contribution in [0, 0.1) is 34.3 Å². The fourth-order valence-electron chi connectivity index (χ4n) is 2.17. The van der Waals surface area contributed by atoms with Crippen LogP contribution in [0.1, 0.15) is 29.9 Å². The van der Waals surface area contributed by atoms with E-state index in [-0.39, 0.29) is 22.4 Å². The monoisotopic (exact) mass is 216 g/mol. The molecule has 0 spiro atoms. The van der Waals surface area contributed by atoms with Gasteiger partial charge in [0.05, 0.1) is 16.9 Å². The number of nitriles is 1. The van der Waals surface area contributed by atoms with E-state index in [0.29, 0.717) is 0 Å². The summed E-state index contributed by atoms with van der Waals surface area (Å²) in [6.07, 6.45) is 1.86. The molecule has 1 aromatic rings. The molecule has 2 rings (SSSR count). The maximum Gasteiger partial charge on any atom is 0.269 e. The Morgan fingerprint density at radius 3 is 2.75 bits per heavy atom. The number of hydrogen-bond donors (Lipinski definition) is 0. The van der Waals surface area contributed by atoms with Crippen LogP contribution in [0.15, 0.2) is 18.2 Å². The van der Waals surface area contributed by atoms with E-state index in [1.165, 1.54) is 6.07 Å². The molecule has 0 aliphatic heterocycles. The maximum absolute atomic E-state index is 10.7. The fourth-order valence-corrected chi connectivity index (χ4v) is 2.17. The number of aryl methyl sites for hydroxylation is 1. The quantitative estimate of drug-likeness (QED) is 0.563. The van der Waals surface area contributed by atoms with Crippen molar-refractivity contribution in [3.05, 3.63) is 39.4 Å². The van der Waals surface area contributed by atoms with Crippen molar-refractivity contribution in [2.45, 2.75) is 25.7 Å². The predicted molar refractivity (Wildman–Crippen MR) is 58.9 cm³/mol. The Labute approximate surface area is 93.7 Å². The third kappa shape index (κ3) is 1.65. The van der Waals surface area contributed by atoms with Gasteiger partial charge in [-0.25, -0.2) is 0 Å². The van der Waals surface area contributed by atoms with Crippen molar-refractivity contribution < 1.29 is 4.92 Å². The number of non-ortho nitro benzene ring substituents is 1. The summed E-state index contributed by atoms with van der Waals surface area (Å²) in [6.45, 7) is 1.94. The van der Waals surface area contributed by atoms with Crippen LogP contribution >= 0.6 is 0 Å². The molecule has 1 fully saturated rings. The molecule has 1 aliphatic rings. The molecule has 4 heteroatoms. The second-order valence-corrected chi connectivity index (χ2v) is 4.22. The van der Waals surface area contributed by atoms with Crippen molar-refractivity contribution in [3.8, 4) is 6.07 Å². The van der Waals surface area contributed by atoms with Crippen LogP contribution in [0.5, 0.6) is 0 Å². The van der Waals surface area contributed by atoms with Gasteiger partial charge in [-0.3, -0.25) is 10.1 Å². The van der Waals surface area contributed by atoms with Gasteiger partial charge in [-0.1, -0.05) is 6.07 Å². The molecule has 16 heavy (non-hydrogen) atoms. The fraction of sp³-hybridized carbons (Fsp3) is 0.417. The standard InChI is InChI=1S/C12H12N2O2/c1-8-2-4-10(14(15)16)6-12(8)11-5-3-9(11)7-13/h2,4,6,9,11H,3,5H2,1H3/t9-,11-/m0/s1. The van der Waals surface area contributed by atoms with Gasteiger partial charge in [0.2, 0.25) is 0 Å². The Hall–Kier alpha value is -1.89. The van der Waals surface area contributed by atoms with Gasteiger partial charge in [0, 0.05) is 18.1 Å². The number of nitro groups is 1. The average Bonchev–Trinajstić information content (AvgIpc) is 2.20. The Morgan fingerprint density at radius 1 is 1.50 bits per heavy atom. The van der Waals surface area contributed by atoms with Crippen LogP contribution in [0.2, 0.25) is 0 Å². The van der Waals surface area contributed by atoms with E-state index in [9.17, 15) is 10.1 Å². The molecule has 0 bridgehead atoms. The zero-order chi connectivity index (χ0) is 11.7. The molecule has 1 aliphatic carbocycles. The summed E-state index contributed by atoms with van der Waals surface area (Å²) in [4.78, 5) is 10.3. The number of rotatable bonds is 2. The van der Waals surface area contributed by atoms with Gasteiger partial charge in [0.15, 0.2) is 0 Å². The van der Waals surface area contributed by atoms with E-state index in [1.807, 2.05) is 6.92 Å². The number of nitrogens with zero attached hydrogens (tertiary/aromatic N) is 2. The summed E-state index contributed by atoms with van der Waals surface area (Å²) >= 11 is 0. The third-order valence-corrected chi connectivity index (χ3v) is 3.31. The van der Waals surface area contributed by atoms with Gasteiger partial charge in [0.25, 0.3) is 5.69 Å². The Kier molecular flexibility index (Phi) is 2.61. The molecule has 0 heterocycles. The van der Waals surface area contributed by atoms with Crippen molar-refractivity contribution in [2.75, 3.05) is 0 Å². The molecule has 82 valence electrons. The van der Waals surface area contributed by atoms with Crippen LogP contribution in [-0.2, 0) is 0 Å². The number of hydrogen-bond acceptors (Lipinski definition) is 3. The maximum atomic E-state index is 10.7. The highest BCUT2D eigenvalue weighted by atomic mass is 16.6. The summed E-state index contributed by atoms with van der Waals surface area (Å²) in [7, 11) is 0. The van der Waals surface area contributed by atoms with Gasteiger partial charge >= 0.3 is 0 Å². The number of nitro benzene ring substituents is 1. The lowest BCUT2D eigenvalue weighted by atomic mass is 9.70. The van der Waals surface area contributed by atoms with Crippen molar-refractivity contribution in [1.29, 1.82) is 5.26 Å². The molecule has 0 unspecified atom stereocenters. The Bertz CT molecular complexity index is 476. The van der Waals surface area contributed by atoms with E-state index in [2.05, 4.69) is 6.07 Å². The number of benzene rings is 1. The molecule has 0 radical (unpaired) electrons. The van der Waals surface area contributed by atoms with Gasteiger partial charge < -0.3 is 0 Å². The van der Waals surface area contributed by atoms with Crippen LogP contribution in [0.25, 0.3) is 0 Å². The average molecular weight is 216 g/mol. The minimum atomic E-state index is -0.386. The normalized spacial score (nSPS) is 23.2. The highest BCUT2D eigenvalue weighted by molar-refractivity contribution is 5.42. The summed E-state index contributed by atoms with van der Waals surface area (Å²) < 4.78 is 0. The predicted octanol–water partition coefficient (Wildman–Crippen LogP) is 2.92. The molecule has 0 N–H and O–H groups in total. The zero-order valence-corrected chi connectivity index (χ0v) is 9.01. The van der Waals surface area contributed by atoms with Crippen molar-refractivity contribution in [1.82, 2.24) is 0 Å². The van der Waals surface area contributed by atoms with Crippen molar-refractivity contribution >= 4 is 5.69 Å². The molecule has 0 aromatic heterocycles. The van der Waals surface area contributed by atoms with Crippen molar-refractivity contribution in [3.63, 3.8) is 0 Å². The third-order valence-electron chi connectivity index (χ3n) is 3.31. The minimum Gasteiger partial charge on any atom is -0.258 e. The minimum absolute atomic E-state index is 0.0284. The van der Waals surface area contributed by atoms with E-state index in [0.717, 1.165) is 24.0 Å². The van der Waals surface area contributed by atoms with Crippen LogP contribution in [-0.4, -0.2) is 4.92 Å². The largest absolute Gasteiger partial charge is 0.269 e. The van der Waals surface area contributed by atoms with Gasteiger partial charge in [0.1, 0.15) is 0 Å². The van der Waals surface area contributed by atoms with E-state index in [1.54, 1.807) is 12.1 Å². The molecular formula is C12H12N2O2. The van der Waals surface area contributed by atoms with E-state index in [4.69, 9.17) is 5.26 Å². The van der Waals surface area contributed by atoms with Gasteiger partial charge in [-0.2, -0.15) is 5.26 Å². The lowest BCUT2D eigenvalue weighted by Crippen LogP contribution is -2.23. The summed E-state index contributed by atoms with van der Waals surface area (Å²) in [5.41, 5.74) is 2.12. The van der Waals surface area contributed by atoms with E-state index >= 15 is 0 Å². The van der Waals surface area contributed by atoms with Gasteiger partial charge in [-0.05, 0) is 30.9 Å². The van der Waals surface area contributed by atoms with Crippen LogP contribution in [0.4, 0.5) is 5.69 Å². The van der Waals surface area contributed by atoms with Crippen LogP contribution in [0.3, 0.4) is 0 Å². The highest BCUT2D eigenvalue weighted by Gasteiger charge is 2.33.